The number of carbonyl (C=O) groups excluding carboxylic acids is 3. The summed E-state index contributed by atoms with van der Waals surface area (Å²) < 4.78 is 0. The Bertz CT molecular complexity index is 653. The molecule has 4 heterocycles. The highest BCUT2D eigenvalue weighted by Crippen LogP contribution is 2.48. The number of hydrogen-bond acceptors (Lipinski definition) is 6. The Labute approximate surface area is 199 Å². The second-order valence-corrected chi connectivity index (χ2v) is 8.65. The molecule has 0 aromatic rings. The Balaban J connectivity index is 0.000000948. The van der Waals surface area contributed by atoms with Crippen molar-refractivity contribution in [2.24, 2.45) is 11.8 Å². The fraction of sp³-hybridized carbons (Fsp3) is 0.792. The van der Waals surface area contributed by atoms with Gasteiger partial charge in [0.25, 0.3) is 0 Å². The maximum Gasteiger partial charge on any atom is 0.231 e. The molecule has 0 bridgehead atoms. The maximum absolute atomic E-state index is 11.8. The Kier molecular flexibility index (Phi) is 14.8. The number of aliphatic hydroxyl groups excluding tert-OH is 1. The molecule has 3 saturated heterocycles. The number of amides is 3. The number of thioether (sulfide) groups is 1. The van der Waals surface area contributed by atoms with Crippen LogP contribution in [0.3, 0.4) is 0 Å². The van der Waals surface area contributed by atoms with Gasteiger partial charge in [-0.1, -0.05) is 48.5 Å². The molecule has 0 saturated carbocycles. The topological polar surface area (TPSA) is 98.7 Å². The molecular weight excluding hydrogens is 426 g/mol. The van der Waals surface area contributed by atoms with Crippen molar-refractivity contribution in [1.82, 2.24) is 15.5 Å². The molecule has 0 spiro atoms. The van der Waals surface area contributed by atoms with E-state index in [-0.39, 0.29) is 36.3 Å². The van der Waals surface area contributed by atoms with Crippen molar-refractivity contribution in [3.8, 4) is 0 Å². The van der Waals surface area contributed by atoms with Crippen molar-refractivity contribution in [2.75, 3.05) is 13.2 Å². The zero-order chi connectivity index (χ0) is 25.0. The number of nitrogens with zero attached hydrogens (tertiary/aromatic N) is 1. The summed E-state index contributed by atoms with van der Waals surface area (Å²) in [7, 11) is 0. The summed E-state index contributed by atoms with van der Waals surface area (Å²) in [6.45, 7) is 19.0. The van der Waals surface area contributed by atoms with E-state index in [2.05, 4.69) is 17.6 Å². The van der Waals surface area contributed by atoms with Crippen molar-refractivity contribution >= 4 is 29.5 Å². The SMILES string of the molecule is CC.CC.CC.CC1=C(SC2CNC(C3CC(=O)NC3=O)C2)C(C)C2CC(=O)N12.CCO. The van der Waals surface area contributed by atoms with Gasteiger partial charge in [0.2, 0.25) is 17.7 Å². The molecule has 5 atom stereocenters. The van der Waals surface area contributed by atoms with Gasteiger partial charge in [-0.15, -0.1) is 11.8 Å². The van der Waals surface area contributed by atoms with E-state index in [0.29, 0.717) is 30.1 Å². The van der Waals surface area contributed by atoms with Gasteiger partial charge in [0.05, 0.1) is 12.0 Å². The van der Waals surface area contributed by atoms with Gasteiger partial charge in [0, 0.05) is 53.8 Å². The second kappa shape index (κ2) is 15.5. The number of carbonyl (C=O) groups is 3. The predicted octanol–water partition coefficient (Wildman–Crippen LogP) is 3.67. The van der Waals surface area contributed by atoms with Gasteiger partial charge in [-0.05, 0) is 20.3 Å². The normalized spacial score (nSPS) is 29.8. The van der Waals surface area contributed by atoms with Crippen LogP contribution in [0.25, 0.3) is 0 Å². The zero-order valence-corrected chi connectivity index (χ0v) is 22.3. The van der Waals surface area contributed by atoms with E-state index >= 15 is 0 Å². The van der Waals surface area contributed by atoms with Gasteiger partial charge >= 0.3 is 0 Å². The number of β-lactam (4-membered cyclic amide) rings is 1. The van der Waals surface area contributed by atoms with Crippen molar-refractivity contribution in [1.29, 1.82) is 0 Å². The smallest absolute Gasteiger partial charge is 0.231 e. The molecule has 0 aromatic carbocycles. The number of nitrogens with one attached hydrogen (secondary N) is 2. The van der Waals surface area contributed by atoms with Crippen LogP contribution in [0.4, 0.5) is 0 Å². The second-order valence-electron chi connectivity index (χ2n) is 7.30. The summed E-state index contributed by atoms with van der Waals surface area (Å²) in [5.41, 5.74) is 1.11. The standard InChI is InChI=1S/C16H21N3O3S.C2H6O.3C2H6/c1-7-12-5-14(21)19(12)8(2)15(7)23-9-3-11(17-6-9)10-4-13(20)18-16(10)22;1-2-3;3*1-2/h7,9-12,17H,3-6H2,1-2H3,(H,18,20,22);3H,2H2,1H3;3*1-2H3. The summed E-state index contributed by atoms with van der Waals surface area (Å²) in [5, 5.41) is 13.8. The van der Waals surface area contributed by atoms with E-state index < -0.39 is 0 Å². The first-order valence-corrected chi connectivity index (χ1v) is 13.1. The molecule has 4 rings (SSSR count). The van der Waals surface area contributed by atoms with E-state index in [4.69, 9.17) is 5.11 Å². The summed E-state index contributed by atoms with van der Waals surface area (Å²) >= 11 is 1.85. The maximum atomic E-state index is 11.8. The predicted molar refractivity (Wildman–Crippen MR) is 133 cm³/mol. The van der Waals surface area contributed by atoms with Crippen LogP contribution in [-0.2, 0) is 14.4 Å². The molecule has 3 amide bonds. The van der Waals surface area contributed by atoms with Gasteiger partial charge in [-0.3, -0.25) is 19.7 Å². The number of rotatable bonds is 3. The molecule has 4 aliphatic rings. The largest absolute Gasteiger partial charge is 0.397 e. The lowest BCUT2D eigenvalue weighted by Crippen LogP contribution is -2.50. The lowest BCUT2D eigenvalue weighted by atomic mass is 9.94. The minimum absolute atomic E-state index is 0.0789. The molecule has 7 nitrogen and oxygen atoms in total. The summed E-state index contributed by atoms with van der Waals surface area (Å²) in [6.07, 6.45) is 1.85. The fourth-order valence-electron chi connectivity index (χ4n) is 4.30. The molecule has 3 fully saturated rings. The van der Waals surface area contributed by atoms with E-state index in [1.807, 2.05) is 65.1 Å². The van der Waals surface area contributed by atoms with Crippen LogP contribution in [0.5, 0.6) is 0 Å². The quantitative estimate of drug-likeness (QED) is 0.429. The first kappa shape index (κ1) is 30.6. The highest BCUT2D eigenvalue weighted by Gasteiger charge is 2.49. The monoisotopic (exact) mass is 471 g/mol. The van der Waals surface area contributed by atoms with Gasteiger partial charge < -0.3 is 15.3 Å². The number of aliphatic hydroxyl groups is 1. The third-order valence-corrected chi connectivity index (χ3v) is 7.21. The molecule has 8 heteroatoms. The van der Waals surface area contributed by atoms with Crippen molar-refractivity contribution in [3.05, 3.63) is 10.6 Å². The van der Waals surface area contributed by atoms with Crippen molar-refractivity contribution in [2.45, 2.75) is 98.9 Å². The average molecular weight is 472 g/mol. The number of imide groups is 1. The van der Waals surface area contributed by atoms with Gasteiger partial charge in [0.15, 0.2) is 0 Å². The van der Waals surface area contributed by atoms with Gasteiger partial charge in [-0.25, -0.2) is 0 Å². The van der Waals surface area contributed by atoms with Gasteiger partial charge in [-0.2, -0.15) is 0 Å². The van der Waals surface area contributed by atoms with E-state index in [1.165, 1.54) is 4.91 Å². The van der Waals surface area contributed by atoms with Gasteiger partial charge in [0.1, 0.15) is 0 Å². The summed E-state index contributed by atoms with van der Waals surface area (Å²) in [6, 6.07) is 0.434. The number of hydrogen-bond donors (Lipinski definition) is 3. The highest BCUT2D eigenvalue weighted by atomic mass is 32.2. The van der Waals surface area contributed by atoms with Crippen LogP contribution in [0.15, 0.2) is 10.6 Å². The average Bonchev–Trinajstić information content (AvgIpc) is 3.44. The van der Waals surface area contributed by atoms with Crippen LogP contribution >= 0.6 is 11.8 Å². The van der Waals surface area contributed by atoms with Crippen LogP contribution < -0.4 is 10.6 Å². The highest BCUT2D eigenvalue weighted by molar-refractivity contribution is 8.03. The van der Waals surface area contributed by atoms with E-state index in [1.54, 1.807) is 6.92 Å². The number of fused-ring (bicyclic) bond motifs is 1. The molecule has 0 radical (unpaired) electrons. The van der Waals surface area contributed by atoms with Crippen molar-refractivity contribution in [3.63, 3.8) is 0 Å². The number of allylic oxidation sites excluding steroid dienone is 1. The third kappa shape index (κ3) is 7.06. The minimum Gasteiger partial charge on any atom is -0.397 e. The summed E-state index contributed by atoms with van der Waals surface area (Å²) in [4.78, 5) is 38.2. The van der Waals surface area contributed by atoms with E-state index in [9.17, 15) is 14.4 Å². The van der Waals surface area contributed by atoms with Crippen molar-refractivity contribution < 1.29 is 19.5 Å². The molecule has 32 heavy (non-hydrogen) atoms. The lowest BCUT2D eigenvalue weighted by molar-refractivity contribution is -0.142. The minimum atomic E-state index is -0.231. The van der Waals surface area contributed by atoms with Crippen LogP contribution in [0.2, 0.25) is 0 Å². The zero-order valence-electron chi connectivity index (χ0n) is 21.4. The summed E-state index contributed by atoms with van der Waals surface area (Å²) in [5.74, 6) is 0.110. The Morgan fingerprint density at radius 1 is 1.06 bits per heavy atom. The molecule has 186 valence electrons. The molecule has 3 N–H and O–H groups in total. The van der Waals surface area contributed by atoms with Crippen LogP contribution in [-0.4, -0.2) is 58.2 Å². The van der Waals surface area contributed by atoms with E-state index in [0.717, 1.165) is 18.7 Å². The molecule has 4 aliphatic heterocycles. The van der Waals surface area contributed by atoms with Crippen LogP contribution in [0.1, 0.15) is 81.6 Å². The first-order valence-electron chi connectivity index (χ1n) is 12.2. The Hall–Kier alpha value is -1.38. The van der Waals surface area contributed by atoms with Crippen LogP contribution in [0, 0.1) is 11.8 Å². The molecular formula is C24H45N3O4S. The first-order chi connectivity index (χ1) is 15.4. The Morgan fingerprint density at radius 3 is 2.06 bits per heavy atom. The molecule has 0 aliphatic carbocycles. The third-order valence-electron chi connectivity index (χ3n) is 5.60. The lowest BCUT2D eigenvalue weighted by Gasteiger charge is -2.37. The fourth-order valence-corrected chi connectivity index (χ4v) is 5.78. The Morgan fingerprint density at radius 2 is 1.62 bits per heavy atom. The molecule has 0 aromatic heterocycles. The molecule has 5 unspecified atom stereocenters.